The minimum Gasteiger partial charge on any atom is -0.443 e. The van der Waals surface area contributed by atoms with Crippen LogP contribution in [0, 0.1) is 5.92 Å². The molecule has 3 aromatic carbocycles. The number of thiophene rings is 1. The van der Waals surface area contributed by atoms with Gasteiger partial charge in [-0.25, -0.2) is 4.79 Å². The average Bonchev–Trinajstić information content (AvgIpc) is 3.61. The number of nitrogens with zero attached hydrogens (tertiary/aromatic N) is 2. The Kier molecular flexibility index (Phi) is 8.93. The Labute approximate surface area is 260 Å². The summed E-state index contributed by atoms with van der Waals surface area (Å²) in [6, 6.07) is 27.5. The lowest BCUT2D eigenvalue weighted by Crippen LogP contribution is -2.40. The molecule has 0 fully saturated rings. The molecule has 2 heterocycles. The largest absolute Gasteiger partial charge is 0.443 e. The number of hydrogen-bond acceptors (Lipinski definition) is 7. The molecule has 4 N–H and O–H groups in total. The first-order valence-electron chi connectivity index (χ1n) is 14.3. The van der Waals surface area contributed by atoms with Crippen LogP contribution in [0.25, 0.3) is 10.2 Å². The number of carbonyl (C=O) groups is 3. The first kappa shape index (κ1) is 30.7. The molecule has 0 aliphatic rings. The van der Waals surface area contributed by atoms with Crippen LogP contribution in [-0.4, -0.2) is 27.7 Å². The molecule has 2 aromatic heterocycles. The molecule has 5 rings (SSSR count). The highest BCUT2D eigenvalue weighted by molar-refractivity contribution is 7.20. The fourth-order valence-corrected chi connectivity index (χ4v) is 5.71. The van der Waals surface area contributed by atoms with Crippen molar-refractivity contribution in [2.75, 3.05) is 5.32 Å². The van der Waals surface area contributed by atoms with Crippen molar-refractivity contribution >= 4 is 45.3 Å². The molecule has 0 saturated carbocycles. The Morgan fingerprint density at radius 1 is 0.932 bits per heavy atom. The molecule has 5 aromatic rings. The number of anilines is 1. The van der Waals surface area contributed by atoms with Crippen LogP contribution in [0.5, 0.6) is 0 Å². The third-order valence-electron chi connectivity index (χ3n) is 7.39. The van der Waals surface area contributed by atoms with E-state index in [9.17, 15) is 14.4 Å². The molecule has 226 valence electrons. The van der Waals surface area contributed by atoms with E-state index in [0.717, 1.165) is 32.7 Å². The van der Waals surface area contributed by atoms with E-state index >= 15 is 0 Å². The first-order valence-corrected chi connectivity index (χ1v) is 15.1. The third-order valence-corrected chi connectivity index (χ3v) is 8.50. The van der Waals surface area contributed by atoms with Crippen LogP contribution < -0.4 is 16.4 Å². The Balaban J connectivity index is 1.44. The monoisotopic (exact) mass is 609 g/mol. The molecule has 2 amide bonds. The molecular weight excluding hydrogens is 574 g/mol. The van der Waals surface area contributed by atoms with Crippen molar-refractivity contribution in [2.24, 2.45) is 11.7 Å². The highest BCUT2D eigenvalue weighted by Gasteiger charge is 2.27. The second kappa shape index (κ2) is 12.8. The van der Waals surface area contributed by atoms with Gasteiger partial charge in [0.2, 0.25) is 0 Å². The fourth-order valence-electron chi connectivity index (χ4n) is 4.71. The molecule has 0 bridgehead atoms. The lowest BCUT2D eigenvalue weighted by atomic mass is 9.94. The van der Waals surface area contributed by atoms with Gasteiger partial charge < -0.3 is 21.1 Å². The third kappa shape index (κ3) is 6.72. The van der Waals surface area contributed by atoms with E-state index in [0.29, 0.717) is 20.7 Å². The molecule has 10 heteroatoms. The van der Waals surface area contributed by atoms with Crippen LogP contribution in [0.1, 0.15) is 70.5 Å². The summed E-state index contributed by atoms with van der Waals surface area (Å²) in [6.07, 6.45) is -0.732. The Morgan fingerprint density at radius 2 is 1.57 bits per heavy atom. The summed E-state index contributed by atoms with van der Waals surface area (Å²) in [5.74, 6) is -0.348. The summed E-state index contributed by atoms with van der Waals surface area (Å²) < 4.78 is 6.62. The summed E-state index contributed by atoms with van der Waals surface area (Å²) in [6.45, 7) is 7.95. The van der Waals surface area contributed by atoms with E-state index in [2.05, 4.69) is 15.7 Å². The lowest BCUT2D eigenvalue weighted by Gasteiger charge is -2.26. The van der Waals surface area contributed by atoms with Crippen molar-refractivity contribution in [3.8, 4) is 0 Å². The Morgan fingerprint density at radius 3 is 2.20 bits per heavy atom. The summed E-state index contributed by atoms with van der Waals surface area (Å²) in [4.78, 5) is 40.6. The highest BCUT2D eigenvalue weighted by atomic mass is 32.1. The van der Waals surface area contributed by atoms with Gasteiger partial charge in [-0.1, -0.05) is 86.6 Å². The van der Waals surface area contributed by atoms with Gasteiger partial charge in [0.15, 0.2) is 5.82 Å². The summed E-state index contributed by atoms with van der Waals surface area (Å²) in [7, 11) is 0. The number of ether oxygens (including phenoxy) is 1. The van der Waals surface area contributed by atoms with Crippen molar-refractivity contribution < 1.29 is 19.1 Å². The molecule has 1 atom stereocenters. The standard InChI is InChI=1S/C34H35N5O4S/c1-21(2)28(35)23-15-17-24(18-16-23)30(40)36-29-26-19-27(31(41)37-34(3,4)25-13-9-6-10-14-25)44-32(26)39(38-29)33(42)43-20-22-11-7-5-8-12-22/h5-19,21,28H,20,35H2,1-4H3,(H,37,41)(H,36,38,40). The molecule has 0 spiro atoms. The molecule has 1 unspecified atom stereocenters. The SMILES string of the molecule is CC(C)C(N)c1ccc(C(=O)Nc2nn(C(=O)OCc3ccccc3)c3sc(C(=O)NC(C)(C)c4ccccc4)cc23)cc1. The second-order valence-electron chi connectivity index (χ2n) is 11.4. The van der Waals surface area contributed by atoms with E-state index in [1.807, 2.05) is 100 Å². The number of amides is 2. The highest BCUT2D eigenvalue weighted by Crippen LogP contribution is 2.33. The van der Waals surface area contributed by atoms with Crippen LogP contribution in [0.3, 0.4) is 0 Å². The Bertz CT molecular complexity index is 1780. The number of aromatic nitrogens is 2. The van der Waals surface area contributed by atoms with E-state index in [1.165, 1.54) is 0 Å². The van der Waals surface area contributed by atoms with E-state index in [1.54, 1.807) is 18.2 Å². The van der Waals surface area contributed by atoms with E-state index in [-0.39, 0.29) is 30.3 Å². The normalized spacial score (nSPS) is 12.2. The van der Waals surface area contributed by atoms with Crippen molar-refractivity contribution in [1.29, 1.82) is 0 Å². The topological polar surface area (TPSA) is 128 Å². The molecule has 0 aliphatic heterocycles. The van der Waals surface area contributed by atoms with Crippen molar-refractivity contribution in [3.63, 3.8) is 0 Å². The van der Waals surface area contributed by atoms with Crippen molar-refractivity contribution in [3.05, 3.63) is 118 Å². The number of fused-ring (bicyclic) bond motifs is 1. The fraction of sp³-hybridized carbons (Fsp3) is 0.235. The first-order chi connectivity index (χ1) is 21.0. The van der Waals surface area contributed by atoms with Gasteiger partial charge in [0, 0.05) is 11.6 Å². The number of benzene rings is 3. The molecular formula is C34H35N5O4S. The summed E-state index contributed by atoms with van der Waals surface area (Å²) in [5.41, 5.74) is 8.68. The molecule has 9 nitrogen and oxygen atoms in total. The molecule has 44 heavy (non-hydrogen) atoms. The predicted molar refractivity (Wildman–Crippen MR) is 173 cm³/mol. The number of hydrogen-bond donors (Lipinski definition) is 3. The summed E-state index contributed by atoms with van der Waals surface area (Å²) >= 11 is 1.09. The van der Waals surface area contributed by atoms with Gasteiger partial charge in [-0.15, -0.1) is 16.4 Å². The minimum atomic E-state index is -0.732. The Hall–Kier alpha value is -4.80. The van der Waals surface area contributed by atoms with Crippen LogP contribution in [0.2, 0.25) is 0 Å². The zero-order valence-electron chi connectivity index (χ0n) is 25.0. The molecule has 0 aliphatic carbocycles. The van der Waals surface area contributed by atoms with Crippen LogP contribution >= 0.6 is 11.3 Å². The smallest absolute Gasteiger partial charge is 0.436 e. The van der Waals surface area contributed by atoms with Gasteiger partial charge >= 0.3 is 6.09 Å². The van der Waals surface area contributed by atoms with Gasteiger partial charge in [0.25, 0.3) is 11.8 Å². The number of nitrogens with one attached hydrogen (secondary N) is 2. The quantitative estimate of drug-likeness (QED) is 0.168. The molecule has 0 saturated heterocycles. The van der Waals surface area contributed by atoms with Crippen molar-refractivity contribution in [2.45, 2.75) is 45.9 Å². The number of rotatable bonds is 9. The second-order valence-corrected chi connectivity index (χ2v) is 12.5. The summed E-state index contributed by atoms with van der Waals surface area (Å²) in [5, 5.41) is 10.7. The lowest BCUT2D eigenvalue weighted by molar-refractivity contribution is 0.0915. The van der Waals surface area contributed by atoms with Crippen LogP contribution in [0.15, 0.2) is 91.0 Å². The van der Waals surface area contributed by atoms with E-state index in [4.69, 9.17) is 10.5 Å². The van der Waals surface area contributed by atoms with Gasteiger partial charge in [0.1, 0.15) is 11.4 Å². The predicted octanol–water partition coefficient (Wildman–Crippen LogP) is 6.86. The number of nitrogens with two attached hydrogens (primary N) is 1. The van der Waals surface area contributed by atoms with Gasteiger partial charge in [-0.3, -0.25) is 9.59 Å². The maximum atomic E-state index is 13.4. The van der Waals surface area contributed by atoms with Gasteiger partial charge in [-0.2, -0.15) is 4.68 Å². The van der Waals surface area contributed by atoms with Gasteiger partial charge in [0.05, 0.1) is 15.8 Å². The maximum absolute atomic E-state index is 13.4. The van der Waals surface area contributed by atoms with Crippen LogP contribution in [-0.2, 0) is 16.9 Å². The molecule has 0 radical (unpaired) electrons. The zero-order valence-corrected chi connectivity index (χ0v) is 25.9. The van der Waals surface area contributed by atoms with Crippen LogP contribution in [0.4, 0.5) is 10.6 Å². The zero-order chi connectivity index (χ0) is 31.4. The minimum absolute atomic E-state index is 0.0393. The maximum Gasteiger partial charge on any atom is 0.436 e. The van der Waals surface area contributed by atoms with Crippen molar-refractivity contribution in [1.82, 2.24) is 15.1 Å². The van der Waals surface area contributed by atoms with E-state index < -0.39 is 17.5 Å². The average molecular weight is 610 g/mol. The number of carbonyl (C=O) groups excluding carboxylic acids is 3. The van der Waals surface area contributed by atoms with Gasteiger partial charge in [-0.05, 0) is 54.7 Å².